The fourth-order valence-corrected chi connectivity index (χ4v) is 2.79. The van der Waals surface area contributed by atoms with Crippen LogP contribution in [-0.4, -0.2) is 20.2 Å². The van der Waals surface area contributed by atoms with Crippen molar-refractivity contribution in [3.63, 3.8) is 0 Å². The predicted octanol–water partition coefficient (Wildman–Crippen LogP) is 3.25. The minimum atomic E-state index is -0.422. The number of hydrogen-bond donors (Lipinski definition) is 0. The van der Waals surface area contributed by atoms with E-state index in [2.05, 4.69) is 15.4 Å². The minimum Gasteiger partial charge on any atom is -0.423 e. The first-order valence-electron chi connectivity index (χ1n) is 8.07. The van der Waals surface area contributed by atoms with E-state index in [1.165, 1.54) is 23.0 Å². The van der Waals surface area contributed by atoms with E-state index >= 15 is 0 Å². The summed E-state index contributed by atoms with van der Waals surface area (Å²) in [6.07, 6.45) is 0. The van der Waals surface area contributed by atoms with Crippen molar-refractivity contribution in [3.8, 4) is 11.4 Å². The van der Waals surface area contributed by atoms with Crippen LogP contribution in [0.5, 0.6) is 0 Å². The highest BCUT2D eigenvalue weighted by molar-refractivity contribution is 5.81. The fraction of sp³-hybridized carbons (Fsp3) is 0.158. The lowest BCUT2D eigenvalue weighted by atomic mass is 10.0. The Balaban J connectivity index is 1.73. The van der Waals surface area contributed by atoms with Gasteiger partial charge in [0, 0.05) is 17.0 Å². The quantitative estimate of drug-likeness (QED) is 0.530. The van der Waals surface area contributed by atoms with Gasteiger partial charge in [0.25, 0.3) is 0 Å². The molecule has 0 radical (unpaired) electrons. The largest absolute Gasteiger partial charge is 0.423 e. The van der Waals surface area contributed by atoms with Crippen LogP contribution in [-0.2, 0) is 6.54 Å². The number of halogens is 1. The third-order valence-electron chi connectivity index (χ3n) is 4.31. The van der Waals surface area contributed by atoms with Crippen molar-refractivity contribution in [1.29, 1.82) is 0 Å². The van der Waals surface area contributed by atoms with E-state index in [0.717, 1.165) is 22.1 Å². The molecule has 0 saturated heterocycles. The molecule has 0 N–H and O–H groups in total. The molecule has 4 aromatic rings. The molecule has 0 aliphatic heterocycles. The number of tetrazole rings is 1. The maximum absolute atomic E-state index is 13.0. The summed E-state index contributed by atoms with van der Waals surface area (Å²) in [4.78, 5) is 13.3. The number of fused-ring (bicyclic) bond motifs is 1. The lowest BCUT2D eigenvalue weighted by molar-refractivity contribution is 0.545. The highest BCUT2D eigenvalue weighted by Gasteiger charge is 2.11. The van der Waals surface area contributed by atoms with Crippen LogP contribution >= 0.6 is 0 Å². The third-order valence-corrected chi connectivity index (χ3v) is 4.31. The second-order valence-electron chi connectivity index (χ2n) is 6.17. The second-order valence-corrected chi connectivity index (χ2v) is 6.17. The van der Waals surface area contributed by atoms with Crippen molar-refractivity contribution in [2.24, 2.45) is 0 Å². The van der Waals surface area contributed by atoms with E-state index in [0.29, 0.717) is 17.0 Å². The normalized spacial score (nSPS) is 11.2. The molecule has 2 aromatic heterocycles. The van der Waals surface area contributed by atoms with Gasteiger partial charge in [-0.1, -0.05) is 0 Å². The SMILES string of the molecule is Cc1cc2oc(=O)cc(Cn3nnc(-c4ccc(F)cc4)n3)c2cc1C. The molecule has 0 saturated carbocycles. The van der Waals surface area contributed by atoms with Crippen molar-refractivity contribution < 1.29 is 8.81 Å². The molecule has 2 heterocycles. The zero-order valence-electron chi connectivity index (χ0n) is 14.2. The summed E-state index contributed by atoms with van der Waals surface area (Å²) in [5, 5.41) is 13.2. The summed E-state index contributed by atoms with van der Waals surface area (Å²) in [5.41, 5.74) is 3.69. The first kappa shape index (κ1) is 16.1. The van der Waals surface area contributed by atoms with Gasteiger partial charge in [-0.2, -0.15) is 4.80 Å². The number of nitrogens with zero attached hydrogens (tertiary/aromatic N) is 4. The van der Waals surface area contributed by atoms with Crippen LogP contribution in [0.3, 0.4) is 0 Å². The Morgan fingerprint density at radius 2 is 1.81 bits per heavy atom. The van der Waals surface area contributed by atoms with Crippen LogP contribution in [0.25, 0.3) is 22.4 Å². The molecule has 6 nitrogen and oxygen atoms in total. The van der Waals surface area contributed by atoms with Crippen molar-refractivity contribution in [2.75, 3.05) is 0 Å². The van der Waals surface area contributed by atoms with Crippen LogP contribution in [0.1, 0.15) is 16.7 Å². The monoisotopic (exact) mass is 350 g/mol. The van der Waals surface area contributed by atoms with Gasteiger partial charge in [0.15, 0.2) is 0 Å². The molecule has 0 bridgehead atoms. The summed E-state index contributed by atoms with van der Waals surface area (Å²) in [6.45, 7) is 4.25. The topological polar surface area (TPSA) is 73.8 Å². The molecule has 0 amide bonds. The maximum Gasteiger partial charge on any atom is 0.336 e. The van der Waals surface area contributed by atoms with Crippen molar-refractivity contribution in [1.82, 2.24) is 20.2 Å². The molecule has 26 heavy (non-hydrogen) atoms. The van der Waals surface area contributed by atoms with E-state index in [9.17, 15) is 9.18 Å². The Hall–Kier alpha value is -3.35. The first-order valence-corrected chi connectivity index (χ1v) is 8.07. The summed E-state index contributed by atoms with van der Waals surface area (Å²) < 4.78 is 18.3. The highest BCUT2D eigenvalue weighted by atomic mass is 19.1. The van der Waals surface area contributed by atoms with Gasteiger partial charge < -0.3 is 4.42 Å². The first-order chi connectivity index (χ1) is 12.5. The van der Waals surface area contributed by atoms with E-state index < -0.39 is 5.63 Å². The molecule has 0 fully saturated rings. The lowest BCUT2D eigenvalue weighted by Gasteiger charge is -2.07. The van der Waals surface area contributed by atoms with E-state index in [4.69, 9.17) is 4.42 Å². The average Bonchev–Trinajstić information content (AvgIpc) is 3.06. The molecule has 0 aliphatic carbocycles. The smallest absolute Gasteiger partial charge is 0.336 e. The molecular formula is C19H15FN4O2. The molecule has 0 aliphatic rings. The Morgan fingerprint density at radius 3 is 2.58 bits per heavy atom. The predicted molar refractivity (Wildman–Crippen MR) is 94.3 cm³/mol. The minimum absolute atomic E-state index is 0.277. The van der Waals surface area contributed by atoms with Gasteiger partial charge in [-0.25, -0.2) is 9.18 Å². The second kappa shape index (κ2) is 6.18. The third kappa shape index (κ3) is 2.99. The number of rotatable bonds is 3. The van der Waals surface area contributed by atoms with Crippen molar-refractivity contribution >= 4 is 11.0 Å². The maximum atomic E-state index is 13.0. The Labute approximate surface area is 147 Å². The number of aromatic nitrogens is 4. The average molecular weight is 350 g/mol. The highest BCUT2D eigenvalue weighted by Crippen LogP contribution is 2.22. The molecule has 0 atom stereocenters. The van der Waals surface area contributed by atoms with Crippen LogP contribution in [0, 0.1) is 19.7 Å². The molecule has 2 aromatic carbocycles. The van der Waals surface area contributed by atoms with Crippen molar-refractivity contribution in [3.05, 3.63) is 75.4 Å². The Bertz CT molecular complexity index is 1160. The van der Waals surface area contributed by atoms with E-state index in [-0.39, 0.29) is 12.4 Å². The van der Waals surface area contributed by atoms with Gasteiger partial charge in [0.05, 0.1) is 6.54 Å². The number of aryl methyl sites for hydroxylation is 2. The zero-order chi connectivity index (χ0) is 18.3. The summed E-state index contributed by atoms with van der Waals surface area (Å²) in [7, 11) is 0. The molecule has 4 rings (SSSR count). The van der Waals surface area contributed by atoms with Gasteiger partial charge >= 0.3 is 5.63 Å². The van der Waals surface area contributed by atoms with Crippen LogP contribution in [0.4, 0.5) is 4.39 Å². The zero-order valence-corrected chi connectivity index (χ0v) is 14.2. The van der Waals surface area contributed by atoms with Gasteiger partial charge in [0.1, 0.15) is 11.4 Å². The standard InChI is InChI=1S/C19H15FN4O2/c1-11-7-16-14(9-18(25)26-17(16)8-12(11)2)10-24-22-19(21-23-24)13-3-5-15(20)6-4-13/h3-9H,10H2,1-2H3. The van der Waals surface area contributed by atoms with Crippen molar-refractivity contribution in [2.45, 2.75) is 20.4 Å². The summed E-state index contributed by atoms with van der Waals surface area (Å²) in [5.74, 6) is 0.0681. The van der Waals surface area contributed by atoms with E-state index in [1.54, 1.807) is 12.1 Å². The molecule has 0 unspecified atom stereocenters. The van der Waals surface area contributed by atoms with E-state index in [1.807, 2.05) is 26.0 Å². The molecule has 0 spiro atoms. The fourth-order valence-electron chi connectivity index (χ4n) is 2.79. The van der Waals surface area contributed by atoms with Crippen LogP contribution in [0.2, 0.25) is 0 Å². The molecule has 130 valence electrons. The Morgan fingerprint density at radius 1 is 1.08 bits per heavy atom. The van der Waals surface area contributed by atoms with Crippen LogP contribution < -0.4 is 5.63 Å². The summed E-state index contributed by atoms with van der Waals surface area (Å²) in [6, 6.07) is 11.2. The Kier molecular flexibility index (Phi) is 3.84. The van der Waals surface area contributed by atoms with Gasteiger partial charge in [-0.3, -0.25) is 0 Å². The number of benzene rings is 2. The lowest BCUT2D eigenvalue weighted by Crippen LogP contribution is -2.08. The van der Waals surface area contributed by atoms with Crippen LogP contribution in [0.15, 0.2) is 51.7 Å². The number of hydrogen-bond acceptors (Lipinski definition) is 5. The van der Waals surface area contributed by atoms with Gasteiger partial charge in [-0.05, 0) is 72.1 Å². The molecular weight excluding hydrogens is 335 g/mol. The van der Waals surface area contributed by atoms with Gasteiger partial charge in [-0.15, -0.1) is 10.2 Å². The summed E-state index contributed by atoms with van der Waals surface area (Å²) >= 11 is 0. The van der Waals surface area contributed by atoms with Gasteiger partial charge in [0.2, 0.25) is 5.82 Å². The molecule has 7 heteroatoms.